The van der Waals surface area contributed by atoms with Gasteiger partial charge in [-0.05, 0) is 33.4 Å². The normalized spacial score (nSPS) is 37.8. The van der Waals surface area contributed by atoms with Crippen molar-refractivity contribution in [1.29, 1.82) is 0 Å². The molecule has 0 bridgehead atoms. The third-order valence-electron chi connectivity index (χ3n) is 3.82. The van der Waals surface area contributed by atoms with E-state index in [-0.39, 0.29) is 30.0 Å². The Kier molecular flexibility index (Phi) is 4.01. The number of amides is 1. The molecule has 2 rings (SSSR count). The molecule has 0 aromatic heterocycles. The Morgan fingerprint density at radius 3 is 2.88 bits per heavy atom. The summed E-state index contributed by atoms with van der Waals surface area (Å²) in [5.41, 5.74) is 5.91. The van der Waals surface area contributed by atoms with Crippen molar-refractivity contribution in [2.24, 2.45) is 11.7 Å². The molecule has 17 heavy (non-hydrogen) atoms. The molecular weight excluding hydrogens is 218 g/mol. The van der Waals surface area contributed by atoms with Gasteiger partial charge in [-0.1, -0.05) is 0 Å². The second-order valence-corrected chi connectivity index (χ2v) is 5.18. The summed E-state index contributed by atoms with van der Waals surface area (Å²) in [6.45, 7) is 4.50. The van der Waals surface area contributed by atoms with Crippen LogP contribution in [0, 0.1) is 5.92 Å². The van der Waals surface area contributed by atoms with Gasteiger partial charge in [-0.15, -0.1) is 0 Å². The molecule has 1 heterocycles. The van der Waals surface area contributed by atoms with Gasteiger partial charge in [0.05, 0.1) is 18.1 Å². The summed E-state index contributed by atoms with van der Waals surface area (Å²) in [5, 5.41) is 3.05. The molecule has 1 saturated carbocycles. The van der Waals surface area contributed by atoms with Gasteiger partial charge in [0.1, 0.15) is 0 Å². The minimum atomic E-state index is 0.00774. The average Bonchev–Trinajstić information content (AvgIpc) is 2.72. The number of nitrogens with zero attached hydrogens (tertiary/aromatic N) is 1. The van der Waals surface area contributed by atoms with Crippen LogP contribution in [0.5, 0.6) is 0 Å². The monoisotopic (exact) mass is 241 g/mol. The Hall–Kier alpha value is -0.650. The molecule has 4 atom stereocenters. The predicted molar refractivity (Wildman–Crippen MR) is 65.5 cm³/mol. The summed E-state index contributed by atoms with van der Waals surface area (Å²) in [7, 11) is 2.05. The number of nitrogens with two attached hydrogens (primary N) is 1. The van der Waals surface area contributed by atoms with Crippen molar-refractivity contribution < 1.29 is 9.53 Å². The zero-order valence-electron chi connectivity index (χ0n) is 10.7. The molecule has 1 aliphatic carbocycles. The lowest BCUT2D eigenvalue weighted by Gasteiger charge is -2.42. The molecule has 0 aromatic carbocycles. The van der Waals surface area contributed by atoms with Gasteiger partial charge in [0.2, 0.25) is 5.91 Å². The number of carbonyl (C=O) groups excluding carboxylic acids is 1. The van der Waals surface area contributed by atoms with Crippen LogP contribution in [0.25, 0.3) is 0 Å². The Bertz CT molecular complexity index is 283. The Morgan fingerprint density at radius 1 is 1.59 bits per heavy atom. The van der Waals surface area contributed by atoms with E-state index in [4.69, 9.17) is 10.5 Å². The third kappa shape index (κ3) is 2.78. The quantitative estimate of drug-likeness (QED) is 0.700. The summed E-state index contributed by atoms with van der Waals surface area (Å²) >= 11 is 0. The first-order valence-corrected chi connectivity index (χ1v) is 6.48. The largest absolute Gasteiger partial charge is 0.376 e. The zero-order valence-corrected chi connectivity index (χ0v) is 10.7. The highest BCUT2D eigenvalue weighted by atomic mass is 16.5. The zero-order chi connectivity index (χ0) is 12.4. The van der Waals surface area contributed by atoms with Gasteiger partial charge in [-0.3, -0.25) is 4.79 Å². The molecule has 2 aliphatic rings. The highest BCUT2D eigenvalue weighted by molar-refractivity contribution is 5.79. The molecule has 3 N–H and O–H groups in total. The van der Waals surface area contributed by atoms with Crippen LogP contribution in [0.2, 0.25) is 0 Å². The number of likely N-dealkylation sites (tertiary alicyclic amines) is 1. The fourth-order valence-corrected chi connectivity index (χ4v) is 2.66. The van der Waals surface area contributed by atoms with Crippen LogP contribution in [0.15, 0.2) is 0 Å². The number of hydrogen-bond donors (Lipinski definition) is 2. The Labute approximate surface area is 103 Å². The minimum absolute atomic E-state index is 0.00774. The van der Waals surface area contributed by atoms with Gasteiger partial charge >= 0.3 is 0 Å². The van der Waals surface area contributed by atoms with E-state index in [0.29, 0.717) is 6.61 Å². The molecule has 5 heteroatoms. The van der Waals surface area contributed by atoms with E-state index in [0.717, 1.165) is 25.9 Å². The summed E-state index contributed by atoms with van der Waals surface area (Å²) in [6.07, 6.45) is 1.91. The van der Waals surface area contributed by atoms with E-state index < -0.39 is 0 Å². The van der Waals surface area contributed by atoms with Gasteiger partial charge < -0.3 is 20.7 Å². The fraction of sp³-hybridized carbons (Fsp3) is 0.917. The molecule has 4 unspecified atom stereocenters. The van der Waals surface area contributed by atoms with Crippen molar-refractivity contribution in [3.05, 3.63) is 0 Å². The smallest absolute Gasteiger partial charge is 0.224 e. The Balaban J connectivity index is 1.81. The highest BCUT2D eigenvalue weighted by Gasteiger charge is 2.41. The summed E-state index contributed by atoms with van der Waals surface area (Å²) in [5.74, 6) is 0.259. The first-order chi connectivity index (χ1) is 8.11. The van der Waals surface area contributed by atoms with E-state index in [1.807, 2.05) is 14.0 Å². The van der Waals surface area contributed by atoms with Crippen LogP contribution in [0.1, 0.15) is 19.8 Å². The molecule has 1 aliphatic heterocycles. The number of ether oxygens (including phenoxy) is 1. The summed E-state index contributed by atoms with van der Waals surface area (Å²) < 4.78 is 5.54. The second-order valence-electron chi connectivity index (χ2n) is 5.18. The maximum absolute atomic E-state index is 12.0. The van der Waals surface area contributed by atoms with Gasteiger partial charge in [0, 0.05) is 19.2 Å². The molecule has 0 radical (unpaired) electrons. The van der Waals surface area contributed by atoms with Crippen molar-refractivity contribution in [2.45, 2.75) is 38.0 Å². The van der Waals surface area contributed by atoms with Crippen molar-refractivity contribution in [2.75, 3.05) is 26.7 Å². The van der Waals surface area contributed by atoms with Crippen molar-refractivity contribution in [3.8, 4) is 0 Å². The maximum Gasteiger partial charge on any atom is 0.224 e. The number of hydrogen-bond acceptors (Lipinski definition) is 4. The van der Waals surface area contributed by atoms with Crippen LogP contribution in [-0.2, 0) is 9.53 Å². The second kappa shape index (κ2) is 5.33. The average molecular weight is 241 g/mol. The van der Waals surface area contributed by atoms with E-state index in [1.54, 1.807) is 0 Å². The van der Waals surface area contributed by atoms with Crippen molar-refractivity contribution in [3.63, 3.8) is 0 Å². The Morgan fingerprint density at radius 2 is 2.35 bits per heavy atom. The molecule has 1 amide bonds. The maximum atomic E-state index is 12.0. The number of nitrogens with one attached hydrogen (secondary N) is 1. The fourth-order valence-electron chi connectivity index (χ4n) is 2.66. The molecule has 98 valence electrons. The van der Waals surface area contributed by atoms with Crippen LogP contribution >= 0.6 is 0 Å². The molecule has 2 fully saturated rings. The standard InChI is InChI=1S/C12H23N3O2/c1-3-17-10-6-9(13)11(10)14-12(16)8-4-5-15(2)7-8/h8-11H,3-7,13H2,1-2H3,(H,14,16). The van der Waals surface area contributed by atoms with E-state index in [9.17, 15) is 4.79 Å². The van der Waals surface area contributed by atoms with E-state index in [1.165, 1.54) is 0 Å². The lowest BCUT2D eigenvalue weighted by atomic mass is 9.83. The summed E-state index contributed by atoms with van der Waals surface area (Å²) in [4.78, 5) is 14.2. The SMILES string of the molecule is CCOC1CC(N)C1NC(=O)C1CCN(C)C1. The highest BCUT2D eigenvalue weighted by Crippen LogP contribution is 2.24. The van der Waals surface area contributed by atoms with Crippen LogP contribution in [-0.4, -0.2) is 55.7 Å². The first-order valence-electron chi connectivity index (χ1n) is 6.48. The van der Waals surface area contributed by atoms with Gasteiger partial charge in [-0.2, -0.15) is 0 Å². The van der Waals surface area contributed by atoms with Crippen LogP contribution in [0.4, 0.5) is 0 Å². The number of carbonyl (C=O) groups is 1. The molecular formula is C12H23N3O2. The van der Waals surface area contributed by atoms with Gasteiger partial charge in [0.25, 0.3) is 0 Å². The predicted octanol–water partition coefficient (Wildman–Crippen LogP) is -0.441. The van der Waals surface area contributed by atoms with Gasteiger partial charge in [-0.25, -0.2) is 0 Å². The minimum Gasteiger partial charge on any atom is -0.376 e. The van der Waals surface area contributed by atoms with E-state index in [2.05, 4.69) is 10.2 Å². The lowest BCUT2D eigenvalue weighted by Crippen LogP contribution is -2.65. The first kappa shape index (κ1) is 12.8. The van der Waals surface area contributed by atoms with Gasteiger partial charge in [0.15, 0.2) is 0 Å². The third-order valence-corrected chi connectivity index (χ3v) is 3.82. The number of rotatable bonds is 4. The van der Waals surface area contributed by atoms with Crippen molar-refractivity contribution >= 4 is 5.91 Å². The van der Waals surface area contributed by atoms with Crippen molar-refractivity contribution in [1.82, 2.24) is 10.2 Å². The lowest BCUT2D eigenvalue weighted by molar-refractivity contribution is -0.129. The molecule has 0 aromatic rings. The van der Waals surface area contributed by atoms with E-state index >= 15 is 0 Å². The molecule has 0 spiro atoms. The molecule has 1 saturated heterocycles. The summed E-state index contributed by atoms with van der Waals surface area (Å²) in [6, 6.07) is 0.0583. The molecule has 5 nitrogen and oxygen atoms in total. The van der Waals surface area contributed by atoms with Crippen LogP contribution < -0.4 is 11.1 Å². The van der Waals surface area contributed by atoms with Crippen LogP contribution in [0.3, 0.4) is 0 Å². The topological polar surface area (TPSA) is 67.6 Å².